The van der Waals surface area contributed by atoms with Gasteiger partial charge in [-0.05, 0) is 75.2 Å². The van der Waals surface area contributed by atoms with Gasteiger partial charge in [0.25, 0.3) is 0 Å². The van der Waals surface area contributed by atoms with E-state index in [1.165, 1.54) is 36.9 Å². The molecule has 0 bridgehead atoms. The first kappa shape index (κ1) is 13.4. The van der Waals surface area contributed by atoms with Crippen molar-refractivity contribution in [1.29, 1.82) is 0 Å². The van der Waals surface area contributed by atoms with Gasteiger partial charge in [0, 0.05) is 15.0 Å². The fourth-order valence-electron chi connectivity index (χ4n) is 2.55. The zero-order valence-corrected chi connectivity index (χ0v) is 13.6. The quantitative estimate of drug-likeness (QED) is 0.733. The molecule has 0 aliphatic heterocycles. The summed E-state index contributed by atoms with van der Waals surface area (Å²) in [4.78, 5) is 0. The lowest BCUT2D eigenvalue weighted by Gasteiger charge is -2.31. The van der Waals surface area contributed by atoms with Crippen molar-refractivity contribution in [3.63, 3.8) is 0 Å². The van der Waals surface area contributed by atoms with E-state index in [4.69, 9.17) is 0 Å². The summed E-state index contributed by atoms with van der Waals surface area (Å²) in [6, 6.07) is 4.94. The van der Waals surface area contributed by atoms with Gasteiger partial charge in [-0.25, -0.2) is 0 Å². The lowest BCUT2D eigenvalue weighted by molar-refractivity contribution is 0.349. The molecule has 17 heavy (non-hydrogen) atoms. The van der Waals surface area contributed by atoms with E-state index in [0.29, 0.717) is 6.04 Å². The van der Waals surface area contributed by atoms with E-state index < -0.39 is 0 Å². The predicted octanol–water partition coefficient (Wildman–Crippen LogP) is 5.51. The summed E-state index contributed by atoms with van der Waals surface area (Å²) in [5.41, 5.74) is 2.47. The molecule has 1 fully saturated rings. The molecule has 0 aromatic heterocycles. The molecule has 1 saturated carbocycles. The molecule has 2 atom stereocenters. The SMILES string of the molecule is Cc1cc(Br)c(NC2CCCCC2C)c(Br)c1. The zero-order chi connectivity index (χ0) is 12.4. The number of benzene rings is 1. The summed E-state index contributed by atoms with van der Waals surface area (Å²) in [6.07, 6.45) is 5.37. The highest BCUT2D eigenvalue weighted by atomic mass is 79.9. The molecule has 1 aliphatic rings. The summed E-state index contributed by atoms with van der Waals surface area (Å²) in [5, 5.41) is 3.70. The van der Waals surface area contributed by atoms with Crippen LogP contribution in [0.3, 0.4) is 0 Å². The minimum Gasteiger partial charge on any atom is -0.380 e. The molecular weight excluding hydrogens is 342 g/mol. The van der Waals surface area contributed by atoms with Gasteiger partial charge in [-0.3, -0.25) is 0 Å². The van der Waals surface area contributed by atoms with E-state index in [2.05, 4.69) is 63.2 Å². The number of hydrogen-bond acceptors (Lipinski definition) is 1. The van der Waals surface area contributed by atoms with E-state index >= 15 is 0 Å². The molecule has 1 aromatic rings. The summed E-state index contributed by atoms with van der Waals surface area (Å²) in [5.74, 6) is 0.767. The number of rotatable bonds is 2. The van der Waals surface area contributed by atoms with E-state index in [1.54, 1.807) is 0 Å². The Labute approximate surface area is 121 Å². The first-order valence-corrected chi connectivity index (χ1v) is 7.88. The molecule has 0 saturated heterocycles. The Balaban J connectivity index is 2.17. The number of anilines is 1. The Morgan fingerprint density at radius 3 is 2.29 bits per heavy atom. The summed E-state index contributed by atoms with van der Waals surface area (Å²) < 4.78 is 2.31. The Bertz CT molecular complexity index is 380. The standard InChI is InChI=1S/C14H19Br2N/c1-9-7-11(15)14(12(16)8-9)17-13-6-4-3-5-10(13)2/h7-8,10,13,17H,3-6H2,1-2H3. The van der Waals surface area contributed by atoms with Gasteiger partial charge in [0.2, 0.25) is 0 Å². The summed E-state index contributed by atoms with van der Waals surface area (Å²) in [7, 11) is 0. The molecule has 0 heterocycles. The number of halogens is 2. The summed E-state index contributed by atoms with van der Waals surface area (Å²) in [6.45, 7) is 4.47. The molecule has 94 valence electrons. The van der Waals surface area contributed by atoms with Gasteiger partial charge in [0.05, 0.1) is 5.69 Å². The average molecular weight is 361 g/mol. The molecule has 1 N–H and O–H groups in total. The van der Waals surface area contributed by atoms with E-state index in [0.717, 1.165) is 14.9 Å². The maximum absolute atomic E-state index is 3.70. The maximum Gasteiger partial charge on any atom is 0.0631 e. The van der Waals surface area contributed by atoms with Crippen LogP contribution in [0.5, 0.6) is 0 Å². The lowest BCUT2D eigenvalue weighted by Crippen LogP contribution is -2.30. The van der Waals surface area contributed by atoms with E-state index in [9.17, 15) is 0 Å². The normalized spacial score (nSPS) is 24.7. The highest BCUT2D eigenvalue weighted by molar-refractivity contribution is 9.11. The van der Waals surface area contributed by atoms with Crippen LogP contribution in [-0.4, -0.2) is 6.04 Å². The van der Waals surface area contributed by atoms with Crippen LogP contribution >= 0.6 is 31.9 Å². The van der Waals surface area contributed by atoms with Crippen molar-refractivity contribution in [2.24, 2.45) is 5.92 Å². The van der Waals surface area contributed by atoms with Gasteiger partial charge in [-0.2, -0.15) is 0 Å². The predicted molar refractivity (Wildman–Crippen MR) is 81.6 cm³/mol. The fourth-order valence-corrected chi connectivity index (χ4v) is 4.20. The Kier molecular flexibility index (Phi) is 4.53. The zero-order valence-electron chi connectivity index (χ0n) is 10.4. The van der Waals surface area contributed by atoms with Gasteiger partial charge in [-0.1, -0.05) is 19.8 Å². The van der Waals surface area contributed by atoms with Gasteiger partial charge < -0.3 is 5.32 Å². The third-order valence-corrected chi connectivity index (χ3v) is 4.88. The minimum absolute atomic E-state index is 0.610. The van der Waals surface area contributed by atoms with Crippen LogP contribution in [0.15, 0.2) is 21.1 Å². The third-order valence-electron chi connectivity index (χ3n) is 3.63. The van der Waals surface area contributed by atoms with Crippen LogP contribution in [0.25, 0.3) is 0 Å². The van der Waals surface area contributed by atoms with Crippen LogP contribution in [0.4, 0.5) is 5.69 Å². The maximum atomic E-state index is 3.70. The van der Waals surface area contributed by atoms with Gasteiger partial charge in [-0.15, -0.1) is 0 Å². The number of nitrogens with one attached hydrogen (secondary N) is 1. The Hall–Kier alpha value is -0.0200. The molecule has 3 heteroatoms. The lowest BCUT2D eigenvalue weighted by atomic mass is 9.86. The topological polar surface area (TPSA) is 12.0 Å². The van der Waals surface area contributed by atoms with Crippen molar-refractivity contribution in [3.05, 3.63) is 26.6 Å². The van der Waals surface area contributed by atoms with Crippen LogP contribution in [-0.2, 0) is 0 Å². The molecule has 1 aliphatic carbocycles. The largest absolute Gasteiger partial charge is 0.380 e. The monoisotopic (exact) mass is 359 g/mol. The van der Waals surface area contributed by atoms with Crippen molar-refractivity contribution >= 4 is 37.5 Å². The van der Waals surface area contributed by atoms with Crippen LogP contribution < -0.4 is 5.32 Å². The first-order valence-electron chi connectivity index (χ1n) is 6.30. The molecule has 0 radical (unpaired) electrons. The van der Waals surface area contributed by atoms with Crippen molar-refractivity contribution < 1.29 is 0 Å². The number of aryl methyl sites for hydroxylation is 1. The van der Waals surface area contributed by atoms with Gasteiger partial charge >= 0.3 is 0 Å². The first-order chi connectivity index (χ1) is 8.08. The second kappa shape index (κ2) is 5.75. The van der Waals surface area contributed by atoms with Gasteiger partial charge in [0.1, 0.15) is 0 Å². The minimum atomic E-state index is 0.610. The highest BCUT2D eigenvalue weighted by Crippen LogP contribution is 2.35. The third kappa shape index (κ3) is 3.25. The van der Waals surface area contributed by atoms with Crippen LogP contribution in [0.1, 0.15) is 38.2 Å². The van der Waals surface area contributed by atoms with E-state index in [1.807, 2.05) is 0 Å². The Morgan fingerprint density at radius 2 is 1.71 bits per heavy atom. The second-order valence-electron chi connectivity index (χ2n) is 5.12. The van der Waals surface area contributed by atoms with Crippen molar-refractivity contribution in [2.75, 3.05) is 5.32 Å². The molecule has 1 nitrogen and oxygen atoms in total. The molecule has 0 amide bonds. The summed E-state index contributed by atoms with van der Waals surface area (Å²) >= 11 is 7.30. The molecule has 0 spiro atoms. The van der Waals surface area contributed by atoms with Crippen LogP contribution in [0.2, 0.25) is 0 Å². The molecular formula is C14H19Br2N. The second-order valence-corrected chi connectivity index (χ2v) is 6.82. The Morgan fingerprint density at radius 1 is 1.12 bits per heavy atom. The van der Waals surface area contributed by atoms with Crippen molar-refractivity contribution in [1.82, 2.24) is 0 Å². The molecule has 2 unspecified atom stereocenters. The van der Waals surface area contributed by atoms with Crippen molar-refractivity contribution in [3.8, 4) is 0 Å². The smallest absolute Gasteiger partial charge is 0.0631 e. The van der Waals surface area contributed by atoms with Gasteiger partial charge in [0.15, 0.2) is 0 Å². The molecule has 2 rings (SSSR count). The van der Waals surface area contributed by atoms with Crippen molar-refractivity contribution in [2.45, 2.75) is 45.6 Å². The van der Waals surface area contributed by atoms with E-state index in [-0.39, 0.29) is 0 Å². The van der Waals surface area contributed by atoms with Crippen LogP contribution in [0, 0.1) is 12.8 Å². The average Bonchev–Trinajstić information content (AvgIpc) is 2.25. The molecule has 1 aromatic carbocycles. The number of hydrogen-bond donors (Lipinski definition) is 1. The highest BCUT2D eigenvalue weighted by Gasteiger charge is 2.22. The fraction of sp³-hybridized carbons (Fsp3) is 0.571.